The molecule has 1 unspecified atom stereocenters. The molecule has 146 valence electrons. The molecule has 6 nitrogen and oxygen atoms in total. The lowest BCUT2D eigenvalue weighted by molar-refractivity contribution is -0.120. The van der Waals surface area contributed by atoms with E-state index in [4.69, 9.17) is 0 Å². The molecule has 9 heteroatoms. The van der Waals surface area contributed by atoms with Crippen molar-refractivity contribution in [3.8, 4) is 0 Å². The Kier molecular flexibility index (Phi) is 6.23. The topological polar surface area (TPSA) is 79.4 Å². The third kappa shape index (κ3) is 4.72. The SMILES string of the molecule is CCC(=O)NCc1csc(C2CCCN(S(=O)(=O)c3ccc(F)cc3)C2)n1. The highest BCUT2D eigenvalue weighted by molar-refractivity contribution is 7.89. The van der Waals surface area contributed by atoms with E-state index in [1.165, 1.54) is 27.8 Å². The molecular formula is C18H22FN3O3S2. The summed E-state index contributed by atoms with van der Waals surface area (Å²) in [4.78, 5) is 16.0. The van der Waals surface area contributed by atoms with Gasteiger partial charge in [-0.1, -0.05) is 6.92 Å². The van der Waals surface area contributed by atoms with Crippen LogP contribution in [0.5, 0.6) is 0 Å². The molecule has 0 saturated carbocycles. The van der Waals surface area contributed by atoms with Crippen molar-refractivity contribution in [3.05, 3.63) is 46.2 Å². The van der Waals surface area contributed by atoms with Crippen LogP contribution in [-0.4, -0.2) is 36.7 Å². The number of amides is 1. The number of nitrogens with zero attached hydrogens (tertiary/aromatic N) is 2. The van der Waals surface area contributed by atoms with Crippen molar-refractivity contribution in [2.75, 3.05) is 13.1 Å². The highest BCUT2D eigenvalue weighted by Crippen LogP contribution is 2.32. The fraction of sp³-hybridized carbons (Fsp3) is 0.444. The van der Waals surface area contributed by atoms with Crippen molar-refractivity contribution in [2.45, 2.75) is 43.5 Å². The van der Waals surface area contributed by atoms with Crippen LogP contribution in [0, 0.1) is 5.82 Å². The van der Waals surface area contributed by atoms with Crippen molar-refractivity contribution in [1.29, 1.82) is 0 Å². The first kappa shape index (κ1) is 19.9. The van der Waals surface area contributed by atoms with Gasteiger partial charge in [-0.15, -0.1) is 11.3 Å². The van der Waals surface area contributed by atoms with Gasteiger partial charge in [-0.05, 0) is 37.1 Å². The van der Waals surface area contributed by atoms with E-state index in [2.05, 4.69) is 10.3 Å². The highest BCUT2D eigenvalue weighted by Gasteiger charge is 2.32. The summed E-state index contributed by atoms with van der Waals surface area (Å²) in [6, 6.07) is 4.91. The number of hydrogen-bond acceptors (Lipinski definition) is 5. The number of nitrogens with one attached hydrogen (secondary N) is 1. The van der Waals surface area contributed by atoms with E-state index in [9.17, 15) is 17.6 Å². The van der Waals surface area contributed by atoms with E-state index in [0.29, 0.717) is 26.1 Å². The zero-order valence-electron chi connectivity index (χ0n) is 15.0. The Labute approximate surface area is 162 Å². The molecule has 1 aliphatic heterocycles. The van der Waals surface area contributed by atoms with Crippen LogP contribution in [0.3, 0.4) is 0 Å². The van der Waals surface area contributed by atoms with Crippen molar-refractivity contribution >= 4 is 27.3 Å². The molecule has 1 atom stereocenters. The minimum atomic E-state index is -3.65. The summed E-state index contributed by atoms with van der Waals surface area (Å²) in [5, 5.41) is 5.58. The van der Waals surface area contributed by atoms with Gasteiger partial charge in [0.25, 0.3) is 0 Å². The zero-order valence-corrected chi connectivity index (χ0v) is 16.7. The number of rotatable bonds is 6. The second kappa shape index (κ2) is 8.45. The molecule has 0 aliphatic carbocycles. The van der Waals surface area contributed by atoms with Gasteiger partial charge in [-0.25, -0.2) is 17.8 Å². The van der Waals surface area contributed by atoms with E-state index in [1.54, 1.807) is 6.92 Å². The fourth-order valence-electron chi connectivity index (χ4n) is 3.02. The molecule has 27 heavy (non-hydrogen) atoms. The van der Waals surface area contributed by atoms with Crippen molar-refractivity contribution in [3.63, 3.8) is 0 Å². The molecular weight excluding hydrogens is 389 g/mol. The van der Waals surface area contributed by atoms with E-state index < -0.39 is 15.8 Å². The quantitative estimate of drug-likeness (QED) is 0.793. The second-order valence-electron chi connectivity index (χ2n) is 6.46. The van der Waals surface area contributed by atoms with Gasteiger partial charge in [-0.3, -0.25) is 4.79 Å². The summed E-state index contributed by atoms with van der Waals surface area (Å²) >= 11 is 1.49. The molecule has 1 aromatic heterocycles. The van der Waals surface area contributed by atoms with Crippen LogP contribution in [0.4, 0.5) is 4.39 Å². The Hall–Kier alpha value is -1.84. The lowest BCUT2D eigenvalue weighted by Crippen LogP contribution is -2.39. The van der Waals surface area contributed by atoms with Crippen molar-refractivity contribution in [1.82, 2.24) is 14.6 Å². The maximum absolute atomic E-state index is 13.1. The number of carbonyl (C=O) groups is 1. The number of piperidine rings is 1. The van der Waals surface area contributed by atoms with Crippen LogP contribution >= 0.6 is 11.3 Å². The van der Waals surface area contributed by atoms with Crippen LogP contribution in [-0.2, 0) is 21.4 Å². The third-order valence-electron chi connectivity index (χ3n) is 4.54. The van der Waals surface area contributed by atoms with Crippen molar-refractivity contribution < 1.29 is 17.6 Å². The van der Waals surface area contributed by atoms with Gasteiger partial charge in [0.15, 0.2) is 0 Å². The molecule has 2 aromatic rings. The second-order valence-corrected chi connectivity index (χ2v) is 9.29. The Morgan fingerprint density at radius 1 is 1.37 bits per heavy atom. The van der Waals surface area contributed by atoms with Crippen LogP contribution in [0.15, 0.2) is 34.5 Å². The summed E-state index contributed by atoms with van der Waals surface area (Å²) in [7, 11) is -3.65. The number of aromatic nitrogens is 1. The Balaban J connectivity index is 1.70. The van der Waals surface area contributed by atoms with E-state index in [0.717, 1.165) is 35.7 Å². The molecule has 1 aliphatic rings. The van der Waals surface area contributed by atoms with E-state index in [1.807, 2.05) is 5.38 Å². The van der Waals surface area contributed by atoms with Crippen LogP contribution < -0.4 is 5.32 Å². The molecule has 1 saturated heterocycles. The first-order valence-corrected chi connectivity index (χ1v) is 11.2. The van der Waals surface area contributed by atoms with E-state index >= 15 is 0 Å². The lowest BCUT2D eigenvalue weighted by atomic mass is 10.0. The van der Waals surface area contributed by atoms with Gasteiger partial charge in [0.1, 0.15) is 5.82 Å². The smallest absolute Gasteiger partial charge is 0.243 e. The van der Waals surface area contributed by atoms with Gasteiger partial charge in [0.2, 0.25) is 15.9 Å². The summed E-state index contributed by atoms with van der Waals surface area (Å²) < 4.78 is 40.2. The minimum absolute atomic E-state index is 0.0228. The largest absolute Gasteiger partial charge is 0.350 e. The molecule has 2 heterocycles. The Bertz CT molecular complexity index is 897. The van der Waals surface area contributed by atoms with Crippen LogP contribution in [0.1, 0.15) is 42.8 Å². The number of hydrogen-bond donors (Lipinski definition) is 1. The first-order chi connectivity index (χ1) is 12.9. The average molecular weight is 412 g/mol. The average Bonchev–Trinajstić information content (AvgIpc) is 3.15. The van der Waals surface area contributed by atoms with Crippen molar-refractivity contribution in [2.24, 2.45) is 0 Å². The number of halogens is 1. The summed E-state index contributed by atoms with van der Waals surface area (Å²) in [5.41, 5.74) is 0.787. The number of sulfonamides is 1. The van der Waals surface area contributed by atoms with Gasteiger partial charge >= 0.3 is 0 Å². The molecule has 1 N–H and O–H groups in total. The van der Waals surface area contributed by atoms with Gasteiger partial charge in [0, 0.05) is 30.8 Å². The molecule has 1 fully saturated rings. The summed E-state index contributed by atoms with van der Waals surface area (Å²) in [6.07, 6.45) is 2.03. The Morgan fingerprint density at radius 3 is 2.81 bits per heavy atom. The monoisotopic (exact) mass is 411 g/mol. The fourth-order valence-corrected chi connectivity index (χ4v) is 5.49. The third-order valence-corrected chi connectivity index (χ3v) is 7.48. The van der Waals surface area contributed by atoms with Gasteiger partial charge in [-0.2, -0.15) is 4.31 Å². The highest BCUT2D eigenvalue weighted by atomic mass is 32.2. The normalized spacial score (nSPS) is 18.4. The molecule has 0 spiro atoms. The Morgan fingerprint density at radius 2 is 2.11 bits per heavy atom. The lowest BCUT2D eigenvalue weighted by Gasteiger charge is -2.31. The predicted molar refractivity (Wildman–Crippen MR) is 101 cm³/mol. The van der Waals surface area contributed by atoms with Crippen LogP contribution in [0.2, 0.25) is 0 Å². The first-order valence-electron chi connectivity index (χ1n) is 8.87. The molecule has 1 amide bonds. The number of thiazole rings is 1. The summed E-state index contributed by atoms with van der Waals surface area (Å²) in [5.74, 6) is -0.468. The summed E-state index contributed by atoms with van der Waals surface area (Å²) in [6.45, 7) is 2.97. The number of benzene rings is 1. The van der Waals surface area contributed by atoms with Gasteiger partial charge in [0.05, 0.1) is 22.1 Å². The molecule has 0 bridgehead atoms. The molecule has 3 rings (SSSR count). The molecule has 1 aromatic carbocycles. The molecule has 0 radical (unpaired) electrons. The maximum Gasteiger partial charge on any atom is 0.243 e. The standard InChI is InChI=1S/C18H22FN3O3S2/c1-2-17(23)20-10-15-12-26-18(21-15)13-4-3-9-22(11-13)27(24,25)16-7-5-14(19)6-8-16/h5-8,12-13H,2-4,9-11H2,1H3,(H,20,23). The van der Waals surface area contributed by atoms with Gasteiger partial charge < -0.3 is 5.32 Å². The van der Waals surface area contributed by atoms with Crippen LogP contribution in [0.25, 0.3) is 0 Å². The zero-order chi connectivity index (χ0) is 19.4. The maximum atomic E-state index is 13.1. The number of carbonyl (C=O) groups excluding carboxylic acids is 1. The van der Waals surface area contributed by atoms with E-state index in [-0.39, 0.29) is 16.7 Å². The minimum Gasteiger partial charge on any atom is -0.350 e. The predicted octanol–water partition coefficient (Wildman–Crippen LogP) is 2.88.